The Hall–Kier alpha value is -1.02. The molecule has 2 atom stereocenters. The first-order chi connectivity index (χ1) is 9.33. The number of furan rings is 1. The minimum atomic E-state index is 0.696. The number of allylic oxidation sites excluding steroid dienone is 1. The normalized spacial score (nSPS) is 26.3. The van der Waals surface area contributed by atoms with Crippen LogP contribution >= 0.6 is 0 Å². The molecule has 0 saturated heterocycles. The lowest BCUT2D eigenvalue weighted by molar-refractivity contribution is 0.444. The Labute approximate surface area is 116 Å². The molecular formula is C17H25NO. The third kappa shape index (κ3) is 3.50. The summed E-state index contributed by atoms with van der Waals surface area (Å²) in [7, 11) is 0. The van der Waals surface area contributed by atoms with Crippen LogP contribution in [0.15, 0.2) is 28.2 Å². The van der Waals surface area contributed by atoms with Crippen molar-refractivity contribution in [2.24, 2.45) is 5.92 Å². The van der Waals surface area contributed by atoms with Crippen LogP contribution in [0.5, 0.6) is 0 Å². The van der Waals surface area contributed by atoms with Gasteiger partial charge in [0.15, 0.2) is 0 Å². The van der Waals surface area contributed by atoms with Crippen LogP contribution in [0.4, 0.5) is 0 Å². The number of hydrogen-bond acceptors (Lipinski definition) is 2. The summed E-state index contributed by atoms with van der Waals surface area (Å²) in [5, 5.41) is 3.50. The van der Waals surface area contributed by atoms with Crippen LogP contribution in [0.2, 0.25) is 0 Å². The fourth-order valence-electron chi connectivity index (χ4n) is 3.00. The lowest BCUT2D eigenvalue weighted by Gasteiger charge is -2.12. The summed E-state index contributed by atoms with van der Waals surface area (Å²) in [6, 6.07) is 4.29. The third-order valence-electron chi connectivity index (χ3n) is 4.46. The molecule has 1 heterocycles. The van der Waals surface area contributed by atoms with Gasteiger partial charge in [-0.25, -0.2) is 0 Å². The summed E-state index contributed by atoms with van der Waals surface area (Å²) in [6.45, 7) is 4.24. The van der Waals surface area contributed by atoms with Gasteiger partial charge in [0.05, 0.1) is 6.54 Å². The molecule has 1 aromatic rings. The maximum absolute atomic E-state index is 5.89. The molecule has 2 aliphatic rings. The second-order valence-electron chi connectivity index (χ2n) is 6.16. The van der Waals surface area contributed by atoms with Crippen molar-refractivity contribution >= 4 is 0 Å². The summed E-state index contributed by atoms with van der Waals surface area (Å²) >= 11 is 0. The molecule has 0 aromatic carbocycles. The van der Waals surface area contributed by atoms with Crippen LogP contribution in [-0.2, 0) is 6.54 Å². The first-order valence-electron chi connectivity index (χ1n) is 7.80. The van der Waals surface area contributed by atoms with Crippen molar-refractivity contribution < 1.29 is 4.42 Å². The smallest absolute Gasteiger partial charge is 0.117 e. The predicted molar refractivity (Wildman–Crippen MR) is 78.1 cm³/mol. The van der Waals surface area contributed by atoms with E-state index in [2.05, 4.69) is 30.4 Å². The SMILES string of the molecule is CC1CC1c1ccc(CNCCC2=CCCCC2)o1. The van der Waals surface area contributed by atoms with Crippen molar-refractivity contribution in [2.75, 3.05) is 6.54 Å². The molecule has 0 aliphatic heterocycles. The van der Waals surface area contributed by atoms with Crippen LogP contribution in [0.25, 0.3) is 0 Å². The van der Waals surface area contributed by atoms with Crippen LogP contribution in [0.1, 0.15) is 62.9 Å². The fraction of sp³-hybridized carbons (Fsp3) is 0.647. The number of nitrogens with one attached hydrogen (secondary N) is 1. The zero-order chi connectivity index (χ0) is 13.1. The molecule has 3 rings (SSSR count). The molecule has 104 valence electrons. The van der Waals surface area contributed by atoms with Gasteiger partial charge >= 0.3 is 0 Å². The van der Waals surface area contributed by atoms with Crippen molar-refractivity contribution in [2.45, 2.75) is 57.9 Å². The first-order valence-corrected chi connectivity index (χ1v) is 7.80. The predicted octanol–water partition coefficient (Wildman–Crippen LogP) is 4.38. The third-order valence-corrected chi connectivity index (χ3v) is 4.46. The van der Waals surface area contributed by atoms with Crippen molar-refractivity contribution in [3.63, 3.8) is 0 Å². The molecule has 0 amide bonds. The van der Waals surface area contributed by atoms with Crippen molar-refractivity contribution in [1.82, 2.24) is 5.32 Å². The molecule has 2 aliphatic carbocycles. The van der Waals surface area contributed by atoms with Gasteiger partial charge in [0.2, 0.25) is 0 Å². The quantitative estimate of drug-likeness (QED) is 0.605. The molecule has 1 aromatic heterocycles. The highest BCUT2D eigenvalue weighted by Gasteiger charge is 2.36. The van der Waals surface area contributed by atoms with E-state index in [4.69, 9.17) is 4.42 Å². The minimum absolute atomic E-state index is 0.696. The van der Waals surface area contributed by atoms with Gasteiger partial charge < -0.3 is 9.73 Å². The van der Waals surface area contributed by atoms with Gasteiger partial charge in [0.1, 0.15) is 11.5 Å². The van der Waals surface area contributed by atoms with Crippen LogP contribution in [-0.4, -0.2) is 6.54 Å². The van der Waals surface area contributed by atoms with E-state index in [1.807, 2.05) is 0 Å². The lowest BCUT2D eigenvalue weighted by atomic mass is 9.97. The van der Waals surface area contributed by atoms with Crippen molar-refractivity contribution in [3.05, 3.63) is 35.3 Å². The van der Waals surface area contributed by atoms with E-state index < -0.39 is 0 Å². The zero-order valence-corrected chi connectivity index (χ0v) is 12.0. The molecule has 1 saturated carbocycles. The number of hydrogen-bond donors (Lipinski definition) is 1. The van der Waals surface area contributed by atoms with Gasteiger partial charge in [-0.2, -0.15) is 0 Å². The lowest BCUT2D eigenvalue weighted by Crippen LogP contribution is -2.15. The van der Waals surface area contributed by atoms with Gasteiger partial charge in [0, 0.05) is 5.92 Å². The summed E-state index contributed by atoms with van der Waals surface area (Å²) in [5.74, 6) is 3.80. The molecule has 0 bridgehead atoms. The molecule has 2 heteroatoms. The highest BCUT2D eigenvalue weighted by Crippen LogP contribution is 2.47. The standard InChI is InChI=1S/C17H25NO/c1-13-11-16(13)17-8-7-15(19-17)12-18-10-9-14-5-3-2-4-6-14/h5,7-8,13,16,18H,2-4,6,9-12H2,1H3. The first kappa shape index (κ1) is 13.0. The Morgan fingerprint density at radius 2 is 2.21 bits per heavy atom. The van der Waals surface area contributed by atoms with Gasteiger partial charge in [0.25, 0.3) is 0 Å². The molecule has 1 N–H and O–H groups in total. The topological polar surface area (TPSA) is 25.2 Å². The summed E-state index contributed by atoms with van der Waals surface area (Å²) in [4.78, 5) is 0. The van der Waals surface area contributed by atoms with Crippen LogP contribution < -0.4 is 5.32 Å². The minimum Gasteiger partial charge on any atom is -0.464 e. The van der Waals surface area contributed by atoms with Gasteiger partial charge in [-0.15, -0.1) is 0 Å². The van der Waals surface area contributed by atoms with E-state index in [1.54, 1.807) is 5.57 Å². The van der Waals surface area contributed by atoms with Gasteiger partial charge in [-0.1, -0.05) is 18.6 Å². The summed E-state index contributed by atoms with van der Waals surface area (Å²) in [6.07, 6.45) is 10.3. The second kappa shape index (κ2) is 5.96. The molecule has 0 radical (unpaired) electrons. The van der Waals surface area contributed by atoms with E-state index in [9.17, 15) is 0 Å². The Morgan fingerprint density at radius 1 is 1.32 bits per heavy atom. The Morgan fingerprint density at radius 3 is 2.95 bits per heavy atom. The number of rotatable bonds is 6. The highest BCUT2D eigenvalue weighted by atomic mass is 16.3. The maximum atomic E-state index is 5.89. The summed E-state index contributed by atoms with van der Waals surface area (Å²) < 4.78 is 5.89. The molecule has 2 nitrogen and oxygen atoms in total. The molecule has 0 spiro atoms. The van der Waals surface area contributed by atoms with E-state index >= 15 is 0 Å². The maximum Gasteiger partial charge on any atom is 0.117 e. The van der Waals surface area contributed by atoms with Crippen molar-refractivity contribution in [1.29, 1.82) is 0 Å². The molecule has 19 heavy (non-hydrogen) atoms. The largest absolute Gasteiger partial charge is 0.464 e. The van der Waals surface area contributed by atoms with Crippen LogP contribution in [0, 0.1) is 5.92 Å². The Kier molecular flexibility index (Phi) is 4.07. The average molecular weight is 259 g/mol. The van der Waals surface area contributed by atoms with Crippen molar-refractivity contribution in [3.8, 4) is 0 Å². The van der Waals surface area contributed by atoms with Crippen LogP contribution in [0.3, 0.4) is 0 Å². The highest BCUT2D eigenvalue weighted by molar-refractivity contribution is 5.17. The van der Waals surface area contributed by atoms with E-state index in [0.29, 0.717) is 5.92 Å². The molecular weight excluding hydrogens is 234 g/mol. The second-order valence-corrected chi connectivity index (χ2v) is 6.16. The Bertz CT molecular complexity index is 446. The van der Waals surface area contributed by atoms with Gasteiger partial charge in [-0.3, -0.25) is 0 Å². The average Bonchev–Trinajstić information content (AvgIpc) is 2.99. The van der Waals surface area contributed by atoms with E-state index in [1.165, 1.54) is 44.3 Å². The Balaban J connectivity index is 1.37. The zero-order valence-electron chi connectivity index (χ0n) is 12.0. The molecule has 2 unspecified atom stereocenters. The fourth-order valence-corrected chi connectivity index (χ4v) is 3.00. The summed E-state index contributed by atoms with van der Waals surface area (Å²) in [5.41, 5.74) is 1.64. The molecule has 1 fully saturated rings. The van der Waals surface area contributed by atoms with Gasteiger partial charge in [-0.05, 0) is 63.1 Å². The van der Waals surface area contributed by atoms with E-state index in [-0.39, 0.29) is 0 Å². The van der Waals surface area contributed by atoms with E-state index in [0.717, 1.165) is 24.8 Å². The monoisotopic (exact) mass is 259 g/mol.